The van der Waals surface area contributed by atoms with Gasteiger partial charge in [-0.05, 0) is 51.3 Å². The zero-order valence-electron chi connectivity index (χ0n) is 11.7. The highest BCUT2D eigenvalue weighted by molar-refractivity contribution is 5.92. The lowest BCUT2D eigenvalue weighted by Gasteiger charge is -2.38. The molecule has 2 rings (SSSR count). The van der Waals surface area contributed by atoms with E-state index in [2.05, 4.69) is 10.3 Å². The average molecular weight is 260 g/mol. The molecule has 3 N–H and O–H groups in total. The monoisotopic (exact) mass is 260 g/mol. The van der Waals surface area contributed by atoms with E-state index in [4.69, 9.17) is 0 Å². The minimum atomic E-state index is -0.909. The highest BCUT2D eigenvalue weighted by atomic mass is 16.3. The number of phenols is 1. The molecule has 0 saturated carbocycles. The van der Waals surface area contributed by atoms with Gasteiger partial charge in [0.05, 0.1) is 11.1 Å². The van der Waals surface area contributed by atoms with Gasteiger partial charge < -0.3 is 15.5 Å². The van der Waals surface area contributed by atoms with Crippen LogP contribution in [-0.4, -0.2) is 26.3 Å². The number of anilines is 1. The summed E-state index contributed by atoms with van der Waals surface area (Å²) in [5.41, 5.74) is -1.46. The number of nitrogens with zero attached hydrogens (tertiary/aromatic N) is 1. The quantitative estimate of drug-likeness (QED) is 0.794. The number of benzene rings is 1. The maximum atomic E-state index is 10.2. The Labute approximate surface area is 113 Å². The van der Waals surface area contributed by atoms with Gasteiger partial charge in [0.1, 0.15) is 11.6 Å². The van der Waals surface area contributed by atoms with Crippen LogP contribution in [-0.2, 0) is 0 Å². The van der Waals surface area contributed by atoms with Gasteiger partial charge in [-0.2, -0.15) is 0 Å². The normalized spacial score (nSPS) is 12.7. The van der Waals surface area contributed by atoms with E-state index >= 15 is 0 Å². The van der Waals surface area contributed by atoms with Crippen LogP contribution in [0.2, 0.25) is 0 Å². The Hall–Kier alpha value is -1.81. The van der Waals surface area contributed by atoms with Crippen molar-refractivity contribution in [2.24, 2.45) is 0 Å². The lowest BCUT2D eigenvalue weighted by atomic mass is 9.86. The molecule has 0 spiro atoms. The first kappa shape index (κ1) is 13.6. The van der Waals surface area contributed by atoms with Crippen LogP contribution in [0.4, 0.5) is 5.82 Å². The van der Waals surface area contributed by atoms with E-state index in [-0.39, 0.29) is 5.75 Å². The van der Waals surface area contributed by atoms with Crippen LogP contribution in [0.15, 0.2) is 30.5 Å². The highest BCUT2D eigenvalue weighted by Crippen LogP contribution is 2.30. The van der Waals surface area contributed by atoms with Crippen molar-refractivity contribution in [3.63, 3.8) is 0 Å². The summed E-state index contributed by atoms with van der Waals surface area (Å²) >= 11 is 0. The van der Waals surface area contributed by atoms with Gasteiger partial charge in [-0.15, -0.1) is 0 Å². The van der Waals surface area contributed by atoms with E-state index in [0.29, 0.717) is 5.82 Å². The fourth-order valence-electron chi connectivity index (χ4n) is 1.70. The number of aliphatic hydroxyl groups is 1. The average Bonchev–Trinajstić information content (AvgIpc) is 2.28. The molecular formula is C15H20N2O2. The number of aromatic nitrogens is 1. The first-order chi connectivity index (χ1) is 8.71. The van der Waals surface area contributed by atoms with Crippen molar-refractivity contribution in [3.05, 3.63) is 30.5 Å². The number of aromatic hydroxyl groups is 1. The van der Waals surface area contributed by atoms with Crippen LogP contribution in [0.5, 0.6) is 5.75 Å². The predicted molar refractivity (Wildman–Crippen MR) is 77.4 cm³/mol. The molecule has 1 heterocycles. The van der Waals surface area contributed by atoms with Crippen molar-refractivity contribution in [1.82, 2.24) is 4.98 Å². The van der Waals surface area contributed by atoms with E-state index in [9.17, 15) is 10.2 Å². The van der Waals surface area contributed by atoms with Gasteiger partial charge in [0.2, 0.25) is 0 Å². The largest absolute Gasteiger partial charge is 0.508 e. The number of rotatable bonds is 3. The third-order valence-electron chi connectivity index (χ3n) is 3.71. The SMILES string of the molecule is CC(C)(O)C(C)(C)Nc1nccc2ccc(O)cc12. The summed E-state index contributed by atoms with van der Waals surface area (Å²) < 4.78 is 0. The van der Waals surface area contributed by atoms with E-state index in [1.165, 1.54) is 0 Å². The minimum absolute atomic E-state index is 0.199. The maximum Gasteiger partial charge on any atom is 0.134 e. The predicted octanol–water partition coefficient (Wildman–Crippen LogP) is 2.90. The number of pyridine rings is 1. The van der Waals surface area contributed by atoms with Gasteiger partial charge in [-0.25, -0.2) is 4.98 Å². The Bertz CT molecular complexity index is 601. The third-order valence-corrected chi connectivity index (χ3v) is 3.71. The first-order valence-corrected chi connectivity index (χ1v) is 6.29. The second-order valence-corrected chi connectivity index (χ2v) is 5.87. The van der Waals surface area contributed by atoms with Gasteiger partial charge in [0.25, 0.3) is 0 Å². The van der Waals surface area contributed by atoms with Crippen molar-refractivity contribution in [3.8, 4) is 5.75 Å². The molecule has 0 aliphatic carbocycles. The van der Waals surface area contributed by atoms with Crippen LogP contribution in [0.25, 0.3) is 10.8 Å². The molecular weight excluding hydrogens is 240 g/mol. The molecule has 0 radical (unpaired) electrons. The first-order valence-electron chi connectivity index (χ1n) is 6.29. The van der Waals surface area contributed by atoms with Crippen LogP contribution >= 0.6 is 0 Å². The summed E-state index contributed by atoms with van der Waals surface area (Å²) in [6.07, 6.45) is 1.71. The Balaban J connectivity index is 2.49. The van der Waals surface area contributed by atoms with Crippen LogP contribution < -0.4 is 5.32 Å². The molecule has 19 heavy (non-hydrogen) atoms. The Morgan fingerprint density at radius 2 is 1.79 bits per heavy atom. The molecule has 102 valence electrons. The molecule has 0 fully saturated rings. The van der Waals surface area contributed by atoms with E-state index in [0.717, 1.165) is 10.8 Å². The summed E-state index contributed by atoms with van der Waals surface area (Å²) in [5.74, 6) is 0.852. The number of hydrogen-bond acceptors (Lipinski definition) is 4. The molecule has 0 amide bonds. The summed E-state index contributed by atoms with van der Waals surface area (Å²) in [6, 6.07) is 7.05. The van der Waals surface area contributed by atoms with Crippen LogP contribution in [0, 0.1) is 0 Å². The summed E-state index contributed by atoms with van der Waals surface area (Å²) in [7, 11) is 0. The van der Waals surface area contributed by atoms with Gasteiger partial charge >= 0.3 is 0 Å². The van der Waals surface area contributed by atoms with E-state index in [1.807, 2.05) is 26.0 Å². The molecule has 2 aromatic rings. The van der Waals surface area contributed by atoms with Crippen LogP contribution in [0.3, 0.4) is 0 Å². The molecule has 0 aliphatic heterocycles. The van der Waals surface area contributed by atoms with Crippen molar-refractivity contribution >= 4 is 16.6 Å². The number of hydrogen-bond donors (Lipinski definition) is 3. The lowest BCUT2D eigenvalue weighted by Crippen LogP contribution is -2.51. The summed E-state index contributed by atoms with van der Waals surface area (Å²) in [5, 5.41) is 24.9. The van der Waals surface area contributed by atoms with Gasteiger partial charge in [-0.3, -0.25) is 0 Å². The van der Waals surface area contributed by atoms with E-state index in [1.54, 1.807) is 32.2 Å². The van der Waals surface area contributed by atoms with Gasteiger partial charge in [0.15, 0.2) is 0 Å². The Kier molecular flexibility index (Phi) is 3.14. The Morgan fingerprint density at radius 1 is 1.11 bits per heavy atom. The second kappa shape index (κ2) is 4.38. The molecule has 0 saturated heterocycles. The topological polar surface area (TPSA) is 65.4 Å². The number of fused-ring (bicyclic) bond motifs is 1. The second-order valence-electron chi connectivity index (χ2n) is 5.87. The fourth-order valence-corrected chi connectivity index (χ4v) is 1.70. The Morgan fingerprint density at radius 3 is 2.42 bits per heavy atom. The molecule has 1 aromatic heterocycles. The standard InChI is InChI=1S/C15H20N2O2/c1-14(2,15(3,4)19)17-13-12-9-11(18)6-5-10(12)7-8-16-13/h5-9,18-19H,1-4H3,(H,16,17). The van der Waals surface area contributed by atoms with Crippen LogP contribution in [0.1, 0.15) is 27.7 Å². The molecule has 0 unspecified atom stereocenters. The maximum absolute atomic E-state index is 10.2. The lowest BCUT2D eigenvalue weighted by molar-refractivity contribution is 0.0239. The number of phenolic OH excluding ortho intramolecular Hbond substituents is 1. The smallest absolute Gasteiger partial charge is 0.134 e. The van der Waals surface area contributed by atoms with Gasteiger partial charge in [0, 0.05) is 11.6 Å². The zero-order valence-corrected chi connectivity index (χ0v) is 11.7. The third kappa shape index (κ3) is 2.63. The van der Waals surface area contributed by atoms with E-state index < -0.39 is 11.1 Å². The minimum Gasteiger partial charge on any atom is -0.508 e. The molecule has 4 heteroatoms. The highest BCUT2D eigenvalue weighted by Gasteiger charge is 2.35. The fraction of sp³-hybridized carbons (Fsp3) is 0.400. The van der Waals surface area contributed by atoms with Crippen molar-refractivity contribution in [1.29, 1.82) is 0 Å². The molecule has 1 aromatic carbocycles. The van der Waals surface area contributed by atoms with Gasteiger partial charge in [-0.1, -0.05) is 6.07 Å². The summed E-state index contributed by atoms with van der Waals surface area (Å²) in [4.78, 5) is 4.31. The summed E-state index contributed by atoms with van der Waals surface area (Å²) in [6.45, 7) is 7.33. The zero-order chi connectivity index (χ0) is 14.3. The van der Waals surface area contributed by atoms with Crippen molar-refractivity contribution in [2.75, 3.05) is 5.32 Å². The molecule has 0 aliphatic rings. The molecule has 4 nitrogen and oxygen atoms in total. The molecule has 0 bridgehead atoms. The number of nitrogens with one attached hydrogen (secondary N) is 1. The molecule has 0 atom stereocenters. The van der Waals surface area contributed by atoms with Crippen molar-refractivity contribution in [2.45, 2.75) is 38.8 Å². The van der Waals surface area contributed by atoms with Crippen molar-refractivity contribution < 1.29 is 10.2 Å².